The first-order valence-corrected chi connectivity index (χ1v) is 11.5. The van der Waals surface area contributed by atoms with Gasteiger partial charge in [0.1, 0.15) is 5.75 Å². The zero-order valence-electron chi connectivity index (χ0n) is 14.9. The summed E-state index contributed by atoms with van der Waals surface area (Å²) in [6.07, 6.45) is 9.64. The fourth-order valence-corrected chi connectivity index (χ4v) is 7.02. The summed E-state index contributed by atoms with van der Waals surface area (Å²) in [5.74, 6) is 3.51. The van der Waals surface area contributed by atoms with E-state index >= 15 is 0 Å². The molecular formula is C22H28O2S. The lowest BCUT2D eigenvalue weighted by atomic mass is 9.89. The van der Waals surface area contributed by atoms with E-state index in [-0.39, 0.29) is 22.8 Å². The van der Waals surface area contributed by atoms with Gasteiger partial charge in [-0.15, -0.1) is 0 Å². The lowest BCUT2D eigenvalue weighted by molar-refractivity contribution is -0.139. The number of hydrogen-bond acceptors (Lipinski definition) is 2. The lowest BCUT2D eigenvalue weighted by Gasteiger charge is -2.28. The van der Waals surface area contributed by atoms with Crippen LogP contribution in [-0.4, -0.2) is 17.5 Å². The van der Waals surface area contributed by atoms with Gasteiger partial charge in [-0.25, -0.2) is 10.9 Å². The van der Waals surface area contributed by atoms with E-state index in [1.165, 1.54) is 47.5 Å². The number of rotatable bonds is 3. The highest BCUT2D eigenvalue weighted by atomic mass is 32.2. The summed E-state index contributed by atoms with van der Waals surface area (Å²) in [5, 5.41) is 2.40. The Hall–Kier alpha value is -1.48. The number of fused-ring (bicyclic) bond motifs is 1. The van der Waals surface area contributed by atoms with E-state index < -0.39 is 0 Å². The Balaban J connectivity index is 1.62. The van der Waals surface area contributed by atoms with Gasteiger partial charge in [0, 0.05) is 5.39 Å². The van der Waals surface area contributed by atoms with Gasteiger partial charge in [-0.3, -0.25) is 4.79 Å². The quantitative estimate of drug-likeness (QED) is 0.423. The molecule has 0 atom stereocenters. The average Bonchev–Trinajstić information content (AvgIpc) is 2.69. The SMILES string of the molecule is O=C(Oc1ccc([SH]2CCCCC2)c2ccccc12)C1CCCCC1. The van der Waals surface area contributed by atoms with E-state index in [9.17, 15) is 4.79 Å². The third kappa shape index (κ3) is 3.72. The van der Waals surface area contributed by atoms with Crippen molar-refractivity contribution in [3.8, 4) is 5.75 Å². The van der Waals surface area contributed by atoms with E-state index in [2.05, 4.69) is 36.4 Å². The second-order valence-electron chi connectivity index (χ2n) is 7.43. The van der Waals surface area contributed by atoms with E-state index in [0.29, 0.717) is 0 Å². The van der Waals surface area contributed by atoms with Gasteiger partial charge in [-0.1, -0.05) is 49.9 Å². The van der Waals surface area contributed by atoms with Gasteiger partial charge >= 0.3 is 5.97 Å². The first-order valence-electron chi connectivity index (χ1n) is 9.81. The highest BCUT2D eigenvalue weighted by Gasteiger charge is 2.24. The number of thiol groups is 1. The Morgan fingerprint density at radius 2 is 1.52 bits per heavy atom. The van der Waals surface area contributed by atoms with Crippen molar-refractivity contribution in [3.05, 3.63) is 36.4 Å². The van der Waals surface area contributed by atoms with Crippen LogP contribution in [-0.2, 0) is 4.79 Å². The van der Waals surface area contributed by atoms with Crippen LogP contribution in [0.3, 0.4) is 0 Å². The van der Waals surface area contributed by atoms with Gasteiger partial charge in [0.05, 0.1) is 5.92 Å². The largest absolute Gasteiger partial charge is 0.426 e. The lowest BCUT2D eigenvalue weighted by Crippen LogP contribution is -2.22. The summed E-state index contributed by atoms with van der Waals surface area (Å²) in [5.41, 5.74) is 0. The molecule has 0 radical (unpaired) electrons. The van der Waals surface area contributed by atoms with Crippen LogP contribution in [0.1, 0.15) is 51.4 Å². The summed E-state index contributed by atoms with van der Waals surface area (Å²) >= 11 is 0. The number of benzene rings is 2. The highest BCUT2D eigenvalue weighted by Crippen LogP contribution is 2.46. The molecule has 2 nitrogen and oxygen atoms in total. The Labute approximate surface area is 153 Å². The maximum Gasteiger partial charge on any atom is 0.314 e. The summed E-state index contributed by atoms with van der Waals surface area (Å²) in [7, 11) is -0.0520. The molecule has 0 unspecified atom stereocenters. The first-order chi connectivity index (χ1) is 12.3. The van der Waals surface area contributed by atoms with Crippen molar-refractivity contribution in [2.45, 2.75) is 56.3 Å². The maximum atomic E-state index is 12.6. The Morgan fingerprint density at radius 3 is 2.28 bits per heavy atom. The van der Waals surface area contributed by atoms with Crippen molar-refractivity contribution >= 4 is 27.6 Å². The minimum absolute atomic E-state index is 0.0269. The van der Waals surface area contributed by atoms with Gasteiger partial charge in [0.15, 0.2) is 0 Å². The highest BCUT2D eigenvalue weighted by molar-refractivity contribution is 8.17. The summed E-state index contributed by atoms with van der Waals surface area (Å²) in [6, 6.07) is 12.8. The molecule has 0 aromatic heterocycles. The fourth-order valence-electron chi connectivity index (χ4n) is 4.29. The normalized spacial score (nSPS) is 20.6. The van der Waals surface area contributed by atoms with Crippen molar-refractivity contribution < 1.29 is 9.53 Å². The van der Waals surface area contributed by atoms with E-state index in [0.717, 1.165) is 36.8 Å². The van der Waals surface area contributed by atoms with E-state index in [1.807, 2.05) is 0 Å². The van der Waals surface area contributed by atoms with Crippen LogP contribution < -0.4 is 4.74 Å². The molecule has 1 saturated heterocycles. The van der Waals surface area contributed by atoms with Crippen molar-refractivity contribution in [1.29, 1.82) is 0 Å². The third-order valence-electron chi connectivity index (χ3n) is 5.71. The molecule has 2 fully saturated rings. The van der Waals surface area contributed by atoms with Crippen LogP contribution in [0, 0.1) is 5.92 Å². The van der Waals surface area contributed by atoms with Gasteiger partial charge < -0.3 is 4.74 Å². The Kier molecular flexibility index (Phi) is 5.30. The van der Waals surface area contributed by atoms with Crippen LogP contribution in [0.5, 0.6) is 5.75 Å². The molecule has 2 aromatic rings. The molecule has 1 aliphatic carbocycles. The molecule has 134 valence electrons. The minimum Gasteiger partial charge on any atom is -0.426 e. The zero-order valence-corrected chi connectivity index (χ0v) is 15.8. The van der Waals surface area contributed by atoms with Crippen molar-refractivity contribution in [1.82, 2.24) is 0 Å². The number of hydrogen-bond donors (Lipinski definition) is 1. The standard InChI is InChI=1S/C22H28O2S/c23-22(17-9-3-1-4-10-17)24-20-13-14-21(25-15-7-2-8-16-25)19-12-6-5-11-18(19)20/h5-6,11-14,17,25H,1-4,7-10,15-16H2. The Morgan fingerprint density at radius 1 is 0.840 bits per heavy atom. The smallest absolute Gasteiger partial charge is 0.314 e. The van der Waals surface area contributed by atoms with Gasteiger partial charge in [0.25, 0.3) is 0 Å². The average molecular weight is 357 g/mol. The van der Waals surface area contributed by atoms with E-state index in [4.69, 9.17) is 4.74 Å². The van der Waals surface area contributed by atoms with Crippen LogP contribution in [0.25, 0.3) is 10.8 Å². The molecule has 0 bridgehead atoms. The van der Waals surface area contributed by atoms with Gasteiger partial charge in [-0.2, -0.15) is 0 Å². The minimum atomic E-state index is -0.0520. The van der Waals surface area contributed by atoms with Crippen LogP contribution in [0.4, 0.5) is 0 Å². The molecule has 0 spiro atoms. The van der Waals surface area contributed by atoms with Crippen LogP contribution in [0.15, 0.2) is 41.3 Å². The number of carbonyl (C=O) groups is 1. The molecule has 1 aliphatic heterocycles. The van der Waals surface area contributed by atoms with Crippen molar-refractivity contribution in [2.75, 3.05) is 11.5 Å². The van der Waals surface area contributed by atoms with Gasteiger partial charge in [0.2, 0.25) is 0 Å². The molecule has 4 rings (SSSR count). The molecule has 3 heteroatoms. The van der Waals surface area contributed by atoms with Crippen molar-refractivity contribution in [3.63, 3.8) is 0 Å². The molecule has 0 N–H and O–H groups in total. The van der Waals surface area contributed by atoms with Crippen LogP contribution >= 0.6 is 10.9 Å². The number of ether oxygens (including phenoxy) is 1. The second kappa shape index (κ2) is 7.82. The van der Waals surface area contributed by atoms with E-state index in [1.54, 1.807) is 0 Å². The van der Waals surface area contributed by atoms with Gasteiger partial charge in [-0.05, 0) is 59.6 Å². The summed E-state index contributed by atoms with van der Waals surface area (Å²) in [4.78, 5) is 14.1. The predicted octanol–water partition coefficient (Wildman–Crippen LogP) is 5.87. The summed E-state index contributed by atoms with van der Waals surface area (Å²) < 4.78 is 5.88. The first kappa shape index (κ1) is 17.0. The zero-order chi connectivity index (χ0) is 17.1. The van der Waals surface area contributed by atoms with Crippen molar-refractivity contribution in [2.24, 2.45) is 5.92 Å². The van der Waals surface area contributed by atoms with Crippen LogP contribution in [0.2, 0.25) is 0 Å². The molecule has 1 heterocycles. The third-order valence-corrected chi connectivity index (χ3v) is 8.49. The molecule has 25 heavy (non-hydrogen) atoms. The Bertz CT molecular complexity index is 743. The summed E-state index contributed by atoms with van der Waals surface area (Å²) in [6.45, 7) is 0. The fraction of sp³-hybridized carbons (Fsp3) is 0.500. The topological polar surface area (TPSA) is 26.3 Å². The molecular weight excluding hydrogens is 328 g/mol. The monoisotopic (exact) mass is 356 g/mol. The molecule has 0 amide bonds. The number of esters is 1. The number of carbonyl (C=O) groups excluding carboxylic acids is 1. The molecule has 1 saturated carbocycles. The predicted molar refractivity (Wildman–Crippen MR) is 107 cm³/mol. The molecule has 2 aliphatic rings. The maximum absolute atomic E-state index is 12.6. The molecule has 2 aromatic carbocycles. The second-order valence-corrected chi connectivity index (χ2v) is 9.89.